The molecule has 7 heteroatoms. The molecular weight excluding hydrogens is 432 g/mol. The maximum Gasteiger partial charge on any atom is 0.407 e. The summed E-state index contributed by atoms with van der Waals surface area (Å²) in [6.07, 6.45) is 4.69. The first-order chi connectivity index (χ1) is 16.3. The van der Waals surface area contributed by atoms with Crippen LogP contribution in [0, 0.1) is 23.7 Å². The van der Waals surface area contributed by atoms with Gasteiger partial charge in [-0.3, -0.25) is 9.59 Å². The summed E-state index contributed by atoms with van der Waals surface area (Å²) < 4.78 is 5.55. The molecule has 7 nitrogen and oxygen atoms in total. The van der Waals surface area contributed by atoms with E-state index in [4.69, 9.17) is 11.2 Å². The van der Waals surface area contributed by atoms with Gasteiger partial charge in [0.1, 0.15) is 12.6 Å². The van der Waals surface area contributed by atoms with E-state index in [1.807, 2.05) is 36.4 Å². The highest BCUT2D eigenvalue weighted by Crippen LogP contribution is 2.44. The highest BCUT2D eigenvalue weighted by atomic mass is 16.5. The number of carboxylic acid groups (broad SMARTS) is 1. The lowest BCUT2D eigenvalue weighted by Gasteiger charge is -2.25. The van der Waals surface area contributed by atoms with Crippen LogP contribution in [0.4, 0.5) is 4.79 Å². The Hall–Kier alpha value is -3.79. The first kappa shape index (κ1) is 23.4. The molecule has 1 heterocycles. The van der Waals surface area contributed by atoms with Crippen LogP contribution in [0.2, 0.25) is 0 Å². The average Bonchev–Trinajstić information content (AvgIpc) is 3.32. The predicted octanol–water partition coefficient (Wildman–Crippen LogP) is 3.49. The largest absolute Gasteiger partial charge is 0.481 e. The maximum absolute atomic E-state index is 13.1. The molecule has 1 fully saturated rings. The molecular formula is C27H28N2O5. The first-order valence-corrected chi connectivity index (χ1v) is 11.3. The lowest BCUT2D eigenvalue weighted by Crippen LogP contribution is -2.48. The van der Waals surface area contributed by atoms with Gasteiger partial charge in [-0.25, -0.2) is 4.79 Å². The molecule has 2 aromatic rings. The summed E-state index contributed by atoms with van der Waals surface area (Å²) in [5.41, 5.74) is 3.38. The van der Waals surface area contributed by atoms with Crippen molar-refractivity contribution >= 4 is 18.0 Å². The number of ether oxygens (including phenoxy) is 1. The average molecular weight is 461 g/mol. The van der Waals surface area contributed by atoms with E-state index in [1.165, 1.54) is 4.90 Å². The second kappa shape index (κ2) is 9.22. The Bertz CT molecular complexity index is 1120. The van der Waals surface area contributed by atoms with Gasteiger partial charge in [-0.05, 0) is 35.1 Å². The van der Waals surface area contributed by atoms with Crippen molar-refractivity contribution in [1.29, 1.82) is 0 Å². The normalized spacial score (nSPS) is 21.8. The maximum atomic E-state index is 13.1. The minimum atomic E-state index is -1.04. The third-order valence-electron chi connectivity index (χ3n) is 7.16. The lowest BCUT2D eigenvalue weighted by atomic mass is 9.81. The fourth-order valence-electron chi connectivity index (χ4n) is 4.92. The second-order valence-electron chi connectivity index (χ2n) is 9.27. The summed E-state index contributed by atoms with van der Waals surface area (Å²) in [4.78, 5) is 38.9. The molecule has 3 atom stereocenters. The van der Waals surface area contributed by atoms with Gasteiger partial charge in [0, 0.05) is 25.4 Å². The molecule has 0 aromatic heterocycles. The van der Waals surface area contributed by atoms with Crippen molar-refractivity contribution in [2.24, 2.45) is 11.3 Å². The molecule has 0 radical (unpaired) electrons. The van der Waals surface area contributed by atoms with Crippen molar-refractivity contribution in [3.8, 4) is 23.5 Å². The minimum Gasteiger partial charge on any atom is -0.481 e. The van der Waals surface area contributed by atoms with E-state index in [0.717, 1.165) is 22.3 Å². The fraction of sp³-hybridized carbons (Fsp3) is 0.370. The lowest BCUT2D eigenvalue weighted by molar-refractivity contribution is -0.149. The Morgan fingerprint density at radius 2 is 1.76 bits per heavy atom. The number of aliphatic carboxylic acids is 1. The number of rotatable bonds is 6. The quantitative estimate of drug-likeness (QED) is 0.644. The van der Waals surface area contributed by atoms with E-state index in [2.05, 4.69) is 23.4 Å². The number of nitrogens with zero attached hydrogens (tertiary/aromatic N) is 1. The molecule has 1 saturated heterocycles. The third kappa shape index (κ3) is 4.12. The zero-order valence-electron chi connectivity index (χ0n) is 19.3. The Balaban J connectivity index is 1.42. The van der Waals surface area contributed by atoms with Crippen molar-refractivity contribution in [2.45, 2.75) is 32.2 Å². The third-order valence-corrected chi connectivity index (χ3v) is 7.16. The number of nitrogens with one attached hydrogen (secondary N) is 1. The van der Waals surface area contributed by atoms with Gasteiger partial charge in [0.2, 0.25) is 5.91 Å². The van der Waals surface area contributed by atoms with Gasteiger partial charge in [0.15, 0.2) is 0 Å². The van der Waals surface area contributed by atoms with Gasteiger partial charge < -0.3 is 20.1 Å². The van der Waals surface area contributed by atoms with Crippen molar-refractivity contribution in [3.63, 3.8) is 0 Å². The molecule has 2 N–H and O–H groups in total. The van der Waals surface area contributed by atoms with Crippen molar-refractivity contribution in [2.75, 3.05) is 19.7 Å². The van der Waals surface area contributed by atoms with E-state index in [1.54, 1.807) is 13.8 Å². The molecule has 2 amide bonds. The number of amides is 2. The van der Waals surface area contributed by atoms with E-state index < -0.39 is 29.4 Å². The van der Waals surface area contributed by atoms with Crippen molar-refractivity contribution < 1.29 is 24.2 Å². The number of fused-ring (bicyclic) bond motifs is 3. The Morgan fingerprint density at radius 1 is 1.18 bits per heavy atom. The summed E-state index contributed by atoms with van der Waals surface area (Å²) in [6, 6.07) is 15.1. The summed E-state index contributed by atoms with van der Waals surface area (Å²) in [6.45, 7) is 3.90. The molecule has 1 unspecified atom stereocenters. The molecule has 0 bridgehead atoms. The highest BCUT2D eigenvalue weighted by molar-refractivity contribution is 5.87. The van der Waals surface area contributed by atoms with Gasteiger partial charge >= 0.3 is 12.1 Å². The zero-order valence-corrected chi connectivity index (χ0v) is 19.3. The Kier molecular flexibility index (Phi) is 6.34. The summed E-state index contributed by atoms with van der Waals surface area (Å²) >= 11 is 0. The molecule has 0 spiro atoms. The highest BCUT2D eigenvalue weighted by Gasteiger charge is 2.48. The first-order valence-electron chi connectivity index (χ1n) is 11.3. The monoisotopic (exact) mass is 460 g/mol. The smallest absolute Gasteiger partial charge is 0.407 e. The number of carbonyl (C=O) groups excluding carboxylic acids is 2. The zero-order chi connectivity index (χ0) is 24.5. The van der Waals surface area contributed by atoms with Crippen LogP contribution in [-0.4, -0.2) is 53.7 Å². The van der Waals surface area contributed by atoms with Crippen LogP contribution in [-0.2, 0) is 14.3 Å². The van der Waals surface area contributed by atoms with Gasteiger partial charge in [-0.2, -0.15) is 0 Å². The second-order valence-corrected chi connectivity index (χ2v) is 9.27. The number of carbonyl (C=O) groups is 3. The molecule has 0 saturated carbocycles. The Morgan fingerprint density at radius 3 is 2.29 bits per heavy atom. The molecule has 4 rings (SSSR count). The van der Waals surface area contributed by atoms with Crippen LogP contribution < -0.4 is 5.32 Å². The van der Waals surface area contributed by atoms with E-state index in [0.29, 0.717) is 0 Å². The topological polar surface area (TPSA) is 95.9 Å². The molecule has 34 heavy (non-hydrogen) atoms. The predicted molar refractivity (Wildman–Crippen MR) is 127 cm³/mol. The number of terminal acetylenes is 1. The summed E-state index contributed by atoms with van der Waals surface area (Å²) in [5.74, 6) is 0.743. The molecule has 176 valence electrons. The number of carboxylic acids is 1. The standard InChI is InChI=1S/C27H28N2O5/c1-4-9-23(24(30)29-14-17(2)27(3,16-29)25(31)32)28-26(33)34-15-22-20-12-7-5-10-18(20)19-11-6-8-13-21(19)22/h1,5-8,10-13,17,22-23H,9,14-16H2,2-3H3,(H,28,33)(H,31,32)/t17-,23?,27-/m1/s1. The number of hydrogen-bond acceptors (Lipinski definition) is 4. The fourth-order valence-corrected chi connectivity index (χ4v) is 4.92. The van der Waals surface area contributed by atoms with Gasteiger partial charge in [0.05, 0.1) is 5.41 Å². The minimum absolute atomic E-state index is 0.0162. The van der Waals surface area contributed by atoms with Crippen molar-refractivity contribution in [3.05, 3.63) is 59.7 Å². The van der Waals surface area contributed by atoms with Gasteiger partial charge in [-0.1, -0.05) is 55.5 Å². The van der Waals surface area contributed by atoms with Crippen LogP contribution in [0.25, 0.3) is 11.1 Å². The van der Waals surface area contributed by atoms with Crippen LogP contribution in [0.3, 0.4) is 0 Å². The van der Waals surface area contributed by atoms with Crippen LogP contribution in [0.1, 0.15) is 37.3 Å². The number of likely N-dealkylation sites (tertiary alicyclic amines) is 1. The van der Waals surface area contributed by atoms with Crippen LogP contribution in [0.15, 0.2) is 48.5 Å². The van der Waals surface area contributed by atoms with Crippen LogP contribution >= 0.6 is 0 Å². The SMILES string of the molecule is C#CCC(NC(=O)OCC1c2ccccc2-c2ccccc21)C(=O)N1C[C@@H](C)[C@](C)(C(=O)O)C1. The van der Waals surface area contributed by atoms with Gasteiger partial charge in [-0.15, -0.1) is 12.3 Å². The van der Waals surface area contributed by atoms with E-state index in [-0.39, 0.29) is 38.0 Å². The molecule has 2 aromatic carbocycles. The molecule has 1 aliphatic carbocycles. The number of hydrogen-bond donors (Lipinski definition) is 2. The molecule has 2 aliphatic rings. The van der Waals surface area contributed by atoms with E-state index >= 15 is 0 Å². The van der Waals surface area contributed by atoms with E-state index in [9.17, 15) is 19.5 Å². The summed E-state index contributed by atoms with van der Waals surface area (Å²) in [5, 5.41) is 12.2. The molecule has 1 aliphatic heterocycles. The summed E-state index contributed by atoms with van der Waals surface area (Å²) in [7, 11) is 0. The van der Waals surface area contributed by atoms with Crippen LogP contribution in [0.5, 0.6) is 0 Å². The Labute approximate surface area is 199 Å². The van der Waals surface area contributed by atoms with Gasteiger partial charge in [0.25, 0.3) is 0 Å². The van der Waals surface area contributed by atoms with Crippen molar-refractivity contribution in [1.82, 2.24) is 10.2 Å². The number of benzene rings is 2. The number of alkyl carbamates (subject to hydrolysis) is 1.